The molecule has 6 atom stereocenters. The second kappa shape index (κ2) is 32.3. The maximum atomic E-state index is 12.7. The number of hydrogen-bond donors (Lipinski definition) is 4. The van der Waals surface area contributed by atoms with Gasteiger partial charge in [0, 0.05) is 12.8 Å². The highest BCUT2D eigenvalue weighted by molar-refractivity contribution is 5.70. The first-order valence-electron chi connectivity index (χ1n) is 19.7. The molecule has 0 bridgehead atoms. The van der Waals surface area contributed by atoms with Gasteiger partial charge in [-0.3, -0.25) is 9.59 Å². The Morgan fingerprint density at radius 1 is 0.627 bits per heavy atom. The molecule has 0 aromatic rings. The summed E-state index contributed by atoms with van der Waals surface area (Å²) in [6.45, 7) is 3.23. The van der Waals surface area contributed by atoms with Crippen LogP contribution in [0.1, 0.15) is 142 Å². The van der Waals surface area contributed by atoms with E-state index >= 15 is 0 Å². The van der Waals surface area contributed by atoms with Gasteiger partial charge in [0.2, 0.25) is 0 Å². The summed E-state index contributed by atoms with van der Waals surface area (Å²) in [6.07, 6.45) is 28.4. The number of esters is 2. The molecule has 10 heteroatoms. The van der Waals surface area contributed by atoms with Crippen LogP contribution in [0.2, 0.25) is 0 Å². The summed E-state index contributed by atoms with van der Waals surface area (Å²) in [5, 5.41) is 39.9. The van der Waals surface area contributed by atoms with E-state index in [0.717, 1.165) is 57.8 Å². The molecule has 1 fully saturated rings. The number of unbranched alkanes of at least 4 members (excludes halogenated alkanes) is 12. The quantitative estimate of drug-likeness (QED) is 0.0325. The highest BCUT2D eigenvalue weighted by Crippen LogP contribution is 2.22. The van der Waals surface area contributed by atoms with E-state index in [-0.39, 0.29) is 26.1 Å². The second-order valence-electron chi connectivity index (χ2n) is 13.4. The molecule has 0 aromatic carbocycles. The fourth-order valence-corrected chi connectivity index (χ4v) is 5.59. The molecule has 1 aliphatic heterocycles. The van der Waals surface area contributed by atoms with E-state index in [4.69, 9.17) is 18.9 Å². The fourth-order valence-electron chi connectivity index (χ4n) is 5.59. The van der Waals surface area contributed by atoms with Gasteiger partial charge in [-0.1, -0.05) is 127 Å². The van der Waals surface area contributed by atoms with Crippen LogP contribution < -0.4 is 0 Å². The predicted octanol–water partition coefficient (Wildman–Crippen LogP) is 7.32. The summed E-state index contributed by atoms with van der Waals surface area (Å²) < 4.78 is 22.0. The van der Waals surface area contributed by atoms with Crippen LogP contribution >= 0.6 is 0 Å². The van der Waals surface area contributed by atoms with Crippen LogP contribution in [0.15, 0.2) is 48.6 Å². The maximum Gasteiger partial charge on any atom is 0.306 e. The van der Waals surface area contributed by atoms with Crippen molar-refractivity contribution in [2.75, 3.05) is 19.8 Å². The van der Waals surface area contributed by atoms with Gasteiger partial charge >= 0.3 is 11.9 Å². The summed E-state index contributed by atoms with van der Waals surface area (Å²) in [5.74, 6) is -0.860. The van der Waals surface area contributed by atoms with Crippen molar-refractivity contribution in [1.29, 1.82) is 0 Å². The summed E-state index contributed by atoms with van der Waals surface area (Å²) >= 11 is 0. The first kappa shape index (κ1) is 46.7. The van der Waals surface area contributed by atoms with E-state index in [1.54, 1.807) is 0 Å². The summed E-state index contributed by atoms with van der Waals surface area (Å²) in [5.41, 5.74) is 0. The highest BCUT2D eigenvalue weighted by Gasteiger charge is 2.44. The highest BCUT2D eigenvalue weighted by atomic mass is 16.7. The van der Waals surface area contributed by atoms with Crippen molar-refractivity contribution in [3.63, 3.8) is 0 Å². The lowest BCUT2D eigenvalue weighted by atomic mass is 9.99. The topological polar surface area (TPSA) is 152 Å². The Labute approximate surface area is 308 Å². The van der Waals surface area contributed by atoms with Crippen LogP contribution in [0.25, 0.3) is 0 Å². The molecular formula is C41H70O10. The molecule has 4 N–H and O–H groups in total. The molecule has 51 heavy (non-hydrogen) atoms. The van der Waals surface area contributed by atoms with Crippen molar-refractivity contribution in [2.24, 2.45) is 0 Å². The zero-order valence-corrected chi connectivity index (χ0v) is 31.6. The molecule has 0 radical (unpaired) electrons. The predicted molar refractivity (Wildman–Crippen MR) is 201 cm³/mol. The standard InChI is InChI=1S/C41H70O10/c1-3-5-7-9-11-13-15-16-17-18-20-22-24-26-28-30-37(44)50-34(33-49-41-40(47)39(46)38(45)35(31-42)51-41)32-48-36(43)29-27-25-23-21-19-14-12-10-8-6-4-2/h5,7,11,13,16-17,20,22,34-35,38-42,45-47H,3-4,6,8-10,12,14-15,18-19,21,23-33H2,1-2H3/b7-5+,13-11+,17-16+,22-20+/t34-,35-,38+,39?,40?,41-/m1/s1. The van der Waals surface area contributed by atoms with Gasteiger partial charge in [0.05, 0.1) is 13.2 Å². The normalized spacial score (nSPS) is 21.7. The first-order chi connectivity index (χ1) is 24.8. The van der Waals surface area contributed by atoms with E-state index < -0.39 is 55.4 Å². The molecule has 1 aliphatic rings. The first-order valence-corrected chi connectivity index (χ1v) is 19.7. The Hall–Kier alpha value is -2.34. The van der Waals surface area contributed by atoms with Crippen molar-refractivity contribution >= 4 is 11.9 Å². The monoisotopic (exact) mass is 722 g/mol. The minimum atomic E-state index is -1.60. The zero-order valence-electron chi connectivity index (χ0n) is 31.6. The van der Waals surface area contributed by atoms with Crippen LogP contribution in [0, 0.1) is 0 Å². The zero-order chi connectivity index (χ0) is 37.4. The number of ether oxygens (including phenoxy) is 4. The van der Waals surface area contributed by atoms with E-state index in [1.807, 2.05) is 0 Å². The lowest BCUT2D eigenvalue weighted by molar-refractivity contribution is -0.305. The van der Waals surface area contributed by atoms with Crippen molar-refractivity contribution < 1.29 is 49.0 Å². The van der Waals surface area contributed by atoms with Gasteiger partial charge in [0.15, 0.2) is 12.4 Å². The van der Waals surface area contributed by atoms with Crippen LogP contribution in [-0.4, -0.2) is 89.0 Å². The minimum Gasteiger partial charge on any atom is -0.462 e. The molecule has 0 aliphatic carbocycles. The second-order valence-corrected chi connectivity index (χ2v) is 13.4. The molecule has 1 saturated heterocycles. The van der Waals surface area contributed by atoms with Crippen LogP contribution in [-0.2, 0) is 28.5 Å². The van der Waals surface area contributed by atoms with Crippen LogP contribution in [0.4, 0.5) is 0 Å². The number of rotatable bonds is 31. The average molecular weight is 723 g/mol. The summed E-state index contributed by atoms with van der Waals surface area (Å²) in [6, 6.07) is 0. The van der Waals surface area contributed by atoms with Gasteiger partial charge in [-0.2, -0.15) is 0 Å². The number of hydrogen-bond acceptors (Lipinski definition) is 10. The van der Waals surface area contributed by atoms with E-state index in [9.17, 15) is 30.0 Å². The van der Waals surface area contributed by atoms with Gasteiger partial charge < -0.3 is 39.4 Å². The van der Waals surface area contributed by atoms with E-state index in [2.05, 4.69) is 62.5 Å². The van der Waals surface area contributed by atoms with Gasteiger partial charge in [-0.15, -0.1) is 0 Å². The van der Waals surface area contributed by atoms with Gasteiger partial charge in [0.1, 0.15) is 31.0 Å². The molecule has 0 aromatic heterocycles. The van der Waals surface area contributed by atoms with E-state index in [0.29, 0.717) is 6.42 Å². The molecule has 1 rings (SSSR count). The number of carbonyl (C=O) groups is 2. The van der Waals surface area contributed by atoms with Crippen molar-refractivity contribution in [2.45, 2.75) is 179 Å². The third-order valence-corrected chi connectivity index (χ3v) is 8.73. The SMILES string of the molecule is CC/C=C/C/C=C/C/C=C/C/C=C/CCCCC(=O)O[C@H](COC(=O)CCCCCCCCCCCCC)CO[C@@H]1O[C@H](CO)[C@H](O)C(O)C1O. The number of aliphatic hydroxyl groups is 4. The lowest BCUT2D eigenvalue weighted by Crippen LogP contribution is -2.59. The average Bonchev–Trinajstić information content (AvgIpc) is 3.13. The largest absolute Gasteiger partial charge is 0.462 e. The Kier molecular flexibility index (Phi) is 29.6. The Balaban J connectivity index is 2.43. The molecular weight excluding hydrogens is 652 g/mol. The maximum absolute atomic E-state index is 12.7. The van der Waals surface area contributed by atoms with Gasteiger partial charge in [0.25, 0.3) is 0 Å². The van der Waals surface area contributed by atoms with Crippen LogP contribution in [0.3, 0.4) is 0 Å². The number of carbonyl (C=O) groups excluding carboxylic acids is 2. The van der Waals surface area contributed by atoms with Crippen molar-refractivity contribution in [1.82, 2.24) is 0 Å². The third kappa shape index (κ3) is 24.5. The Morgan fingerprint density at radius 2 is 1.16 bits per heavy atom. The van der Waals surface area contributed by atoms with Gasteiger partial charge in [-0.25, -0.2) is 0 Å². The number of allylic oxidation sites excluding steroid dienone is 8. The Bertz CT molecular complexity index is 975. The minimum absolute atomic E-state index is 0.177. The molecule has 2 unspecified atom stereocenters. The molecule has 0 saturated carbocycles. The van der Waals surface area contributed by atoms with Crippen molar-refractivity contribution in [3.8, 4) is 0 Å². The molecule has 1 heterocycles. The molecule has 10 nitrogen and oxygen atoms in total. The van der Waals surface area contributed by atoms with Gasteiger partial charge in [-0.05, 0) is 51.4 Å². The fraction of sp³-hybridized carbons (Fsp3) is 0.756. The summed E-state index contributed by atoms with van der Waals surface area (Å²) in [4.78, 5) is 25.2. The van der Waals surface area contributed by atoms with Crippen LogP contribution in [0.5, 0.6) is 0 Å². The molecule has 294 valence electrons. The third-order valence-electron chi connectivity index (χ3n) is 8.73. The smallest absolute Gasteiger partial charge is 0.306 e. The molecule has 0 spiro atoms. The summed E-state index contributed by atoms with van der Waals surface area (Å²) in [7, 11) is 0. The Morgan fingerprint density at radius 3 is 1.75 bits per heavy atom. The van der Waals surface area contributed by atoms with Crippen molar-refractivity contribution in [3.05, 3.63) is 48.6 Å². The molecule has 0 amide bonds. The number of aliphatic hydroxyl groups excluding tert-OH is 4. The lowest BCUT2D eigenvalue weighted by Gasteiger charge is -2.39. The van der Waals surface area contributed by atoms with E-state index in [1.165, 1.54) is 51.4 Å².